The molecule has 16 heavy (non-hydrogen) atoms. The number of rotatable bonds is 4. The molecule has 2 nitrogen and oxygen atoms in total. The highest BCUT2D eigenvalue weighted by atomic mass is 16.1. The third-order valence-corrected chi connectivity index (χ3v) is 3.04. The Hall–Kier alpha value is -1.57. The van der Waals surface area contributed by atoms with Gasteiger partial charge >= 0.3 is 0 Å². The predicted molar refractivity (Wildman–Crippen MR) is 65.1 cm³/mol. The van der Waals surface area contributed by atoms with Crippen LogP contribution in [0.25, 0.3) is 0 Å². The minimum Gasteiger partial charge on any atom is -0.349 e. The van der Waals surface area contributed by atoms with E-state index in [0.29, 0.717) is 6.42 Å². The number of hydrogen-bond donors (Lipinski definition) is 1. The van der Waals surface area contributed by atoms with Crippen LogP contribution in [0.1, 0.15) is 36.4 Å². The van der Waals surface area contributed by atoms with E-state index in [-0.39, 0.29) is 11.9 Å². The minimum absolute atomic E-state index is 0.126. The van der Waals surface area contributed by atoms with E-state index in [1.165, 1.54) is 11.1 Å². The predicted octanol–water partition coefficient (Wildman–Crippen LogP) is 2.76. The molecule has 0 saturated heterocycles. The topological polar surface area (TPSA) is 29.1 Å². The summed E-state index contributed by atoms with van der Waals surface area (Å²) >= 11 is 0. The van der Waals surface area contributed by atoms with E-state index in [1.54, 1.807) is 6.08 Å². The van der Waals surface area contributed by atoms with E-state index in [2.05, 4.69) is 30.1 Å². The van der Waals surface area contributed by atoms with E-state index in [1.807, 2.05) is 6.07 Å². The Morgan fingerprint density at radius 3 is 3.12 bits per heavy atom. The second-order valence-corrected chi connectivity index (χ2v) is 4.18. The van der Waals surface area contributed by atoms with Crippen molar-refractivity contribution in [3.8, 4) is 0 Å². The molecule has 0 bridgehead atoms. The van der Waals surface area contributed by atoms with E-state index >= 15 is 0 Å². The Bertz CT molecular complexity index is 397. The van der Waals surface area contributed by atoms with Crippen molar-refractivity contribution in [3.63, 3.8) is 0 Å². The highest BCUT2D eigenvalue weighted by Crippen LogP contribution is 2.30. The number of carbonyl (C=O) groups is 1. The summed E-state index contributed by atoms with van der Waals surface area (Å²) in [6.07, 6.45) is 5.17. The van der Waals surface area contributed by atoms with Crippen LogP contribution in [0.4, 0.5) is 0 Å². The molecule has 1 atom stereocenters. The van der Waals surface area contributed by atoms with Crippen LogP contribution >= 0.6 is 0 Å². The van der Waals surface area contributed by atoms with Crippen LogP contribution in [0, 0.1) is 0 Å². The molecule has 0 saturated carbocycles. The van der Waals surface area contributed by atoms with Crippen molar-refractivity contribution in [1.82, 2.24) is 5.32 Å². The minimum atomic E-state index is 0.126. The molecule has 0 heterocycles. The Morgan fingerprint density at radius 2 is 2.31 bits per heavy atom. The van der Waals surface area contributed by atoms with E-state index in [4.69, 9.17) is 0 Å². The molecule has 2 rings (SSSR count). The molecular formula is C14H17NO. The zero-order valence-corrected chi connectivity index (χ0v) is 9.41. The van der Waals surface area contributed by atoms with Crippen molar-refractivity contribution in [2.75, 3.05) is 0 Å². The monoisotopic (exact) mass is 215 g/mol. The lowest BCUT2D eigenvalue weighted by Crippen LogP contribution is -2.26. The molecule has 0 aliphatic heterocycles. The molecule has 1 aromatic rings. The molecule has 1 amide bonds. The van der Waals surface area contributed by atoms with Crippen LogP contribution in [0.15, 0.2) is 36.9 Å². The average molecular weight is 215 g/mol. The first-order chi connectivity index (χ1) is 7.81. The highest BCUT2D eigenvalue weighted by Gasteiger charge is 2.22. The number of amides is 1. The van der Waals surface area contributed by atoms with Crippen LogP contribution in [0.2, 0.25) is 0 Å². The summed E-state index contributed by atoms with van der Waals surface area (Å²) in [6.45, 7) is 3.62. The standard InChI is InChI=1S/C14H17NO/c1-2-3-8-14(16)15-13-10-9-11-6-4-5-7-12(11)13/h2,4-7,13H,1,3,8-10H2,(H,15,16). The summed E-state index contributed by atoms with van der Waals surface area (Å²) in [4.78, 5) is 11.6. The lowest BCUT2D eigenvalue weighted by Gasteiger charge is -2.13. The number of hydrogen-bond acceptors (Lipinski definition) is 1. The zero-order valence-electron chi connectivity index (χ0n) is 9.41. The van der Waals surface area contributed by atoms with Crippen molar-refractivity contribution in [2.45, 2.75) is 31.7 Å². The molecule has 0 fully saturated rings. The van der Waals surface area contributed by atoms with Crippen LogP contribution in [0.5, 0.6) is 0 Å². The normalized spacial score (nSPS) is 17.9. The molecule has 0 radical (unpaired) electrons. The molecule has 1 aliphatic rings. The van der Waals surface area contributed by atoms with E-state index < -0.39 is 0 Å². The fourth-order valence-electron chi connectivity index (χ4n) is 2.21. The van der Waals surface area contributed by atoms with Crippen LogP contribution in [0.3, 0.4) is 0 Å². The summed E-state index contributed by atoms with van der Waals surface area (Å²) < 4.78 is 0. The van der Waals surface area contributed by atoms with Crippen molar-refractivity contribution in [2.24, 2.45) is 0 Å². The second-order valence-electron chi connectivity index (χ2n) is 4.18. The average Bonchev–Trinajstić information content (AvgIpc) is 2.70. The Kier molecular flexibility index (Phi) is 3.40. The summed E-state index contributed by atoms with van der Waals surface area (Å²) in [5.41, 5.74) is 2.66. The maximum absolute atomic E-state index is 11.6. The van der Waals surface area contributed by atoms with Gasteiger partial charge in [0.1, 0.15) is 0 Å². The number of aryl methyl sites for hydroxylation is 1. The fraction of sp³-hybridized carbons (Fsp3) is 0.357. The van der Waals surface area contributed by atoms with Crippen LogP contribution < -0.4 is 5.32 Å². The van der Waals surface area contributed by atoms with Crippen molar-refractivity contribution >= 4 is 5.91 Å². The molecule has 84 valence electrons. The summed E-state index contributed by atoms with van der Waals surface area (Å²) in [5, 5.41) is 3.08. The zero-order chi connectivity index (χ0) is 11.4. The molecule has 0 spiro atoms. The lowest BCUT2D eigenvalue weighted by atomic mass is 10.1. The molecule has 1 unspecified atom stereocenters. The van der Waals surface area contributed by atoms with Crippen molar-refractivity contribution in [1.29, 1.82) is 0 Å². The van der Waals surface area contributed by atoms with Crippen molar-refractivity contribution in [3.05, 3.63) is 48.0 Å². The van der Waals surface area contributed by atoms with Gasteiger partial charge in [-0.1, -0.05) is 30.3 Å². The van der Waals surface area contributed by atoms with E-state index in [0.717, 1.165) is 19.3 Å². The van der Waals surface area contributed by atoms with Crippen molar-refractivity contribution < 1.29 is 4.79 Å². The highest BCUT2D eigenvalue weighted by molar-refractivity contribution is 5.76. The van der Waals surface area contributed by atoms with Gasteiger partial charge in [-0.25, -0.2) is 0 Å². The molecule has 1 aromatic carbocycles. The number of fused-ring (bicyclic) bond motifs is 1. The van der Waals surface area contributed by atoms with Gasteiger partial charge in [0.25, 0.3) is 0 Å². The van der Waals surface area contributed by atoms with Crippen LogP contribution in [-0.2, 0) is 11.2 Å². The quantitative estimate of drug-likeness (QED) is 0.769. The largest absolute Gasteiger partial charge is 0.349 e. The van der Waals surface area contributed by atoms with Gasteiger partial charge in [0.15, 0.2) is 0 Å². The Morgan fingerprint density at radius 1 is 1.50 bits per heavy atom. The molecule has 2 heteroatoms. The molecular weight excluding hydrogens is 198 g/mol. The van der Waals surface area contributed by atoms with Gasteiger partial charge in [0, 0.05) is 6.42 Å². The summed E-state index contributed by atoms with van der Waals surface area (Å²) in [5.74, 6) is 0.126. The number of benzene rings is 1. The van der Waals surface area contributed by atoms with Gasteiger partial charge in [-0.3, -0.25) is 4.79 Å². The molecule has 0 aromatic heterocycles. The number of allylic oxidation sites excluding steroid dienone is 1. The third kappa shape index (κ3) is 2.32. The Balaban J connectivity index is 1.98. The van der Waals surface area contributed by atoms with Gasteiger partial charge in [-0.2, -0.15) is 0 Å². The lowest BCUT2D eigenvalue weighted by molar-refractivity contribution is -0.121. The van der Waals surface area contributed by atoms with Gasteiger partial charge in [0.05, 0.1) is 6.04 Å². The first kappa shape index (κ1) is 10.9. The first-order valence-corrected chi connectivity index (χ1v) is 5.79. The fourth-order valence-corrected chi connectivity index (χ4v) is 2.21. The summed E-state index contributed by atoms with van der Waals surface area (Å²) in [7, 11) is 0. The SMILES string of the molecule is C=CCCC(=O)NC1CCc2ccccc21. The third-order valence-electron chi connectivity index (χ3n) is 3.04. The van der Waals surface area contributed by atoms with Gasteiger partial charge < -0.3 is 5.32 Å². The van der Waals surface area contributed by atoms with Gasteiger partial charge in [-0.15, -0.1) is 6.58 Å². The molecule has 1 N–H and O–H groups in total. The maximum atomic E-state index is 11.6. The maximum Gasteiger partial charge on any atom is 0.220 e. The van der Waals surface area contributed by atoms with E-state index in [9.17, 15) is 4.79 Å². The smallest absolute Gasteiger partial charge is 0.220 e. The summed E-state index contributed by atoms with van der Waals surface area (Å²) in [6, 6.07) is 8.56. The van der Waals surface area contributed by atoms with Crippen LogP contribution in [-0.4, -0.2) is 5.91 Å². The number of carbonyl (C=O) groups excluding carboxylic acids is 1. The Labute approximate surface area is 96.4 Å². The second kappa shape index (κ2) is 4.97. The van der Waals surface area contributed by atoms with Gasteiger partial charge in [-0.05, 0) is 30.4 Å². The molecule has 1 aliphatic carbocycles. The number of nitrogens with one attached hydrogen (secondary N) is 1. The first-order valence-electron chi connectivity index (χ1n) is 5.79. The van der Waals surface area contributed by atoms with Gasteiger partial charge in [0.2, 0.25) is 5.91 Å².